The van der Waals surface area contributed by atoms with Crippen molar-refractivity contribution >= 4 is 22.1 Å². The summed E-state index contributed by atoms with van der Waals surface area (Å²) < 4.78 is 60.2. The molecule has 3 atom stereocenters. The minimum absolute atomic E-state index is 0.0488. The van der Waals surface area contributed by atoms with Gasteiger partial charge in [0, 0.05) is 11.8 Å². The highest BCUT2D eigenvalue weighted by atomic mass is 32.2. The molecule has 2 aliphatic heterocycles. The van der Waals surface area contributed by atoms with E-state index >= 15 is 0 Å². The van der Waals surface area contributed by atoms with Gasteiger partial charge in [-0.15, -0.1) is 0 Å². The van der Waals surface area contributed by atoms with Crippen molar-refractivity contribution in [3.63, 3.8) is 0 Å². The quantitative estimate of drug-likeness (QED) is 0.442. The van der Waals surface area contributed by atoms with Gasteiger partial charge in [0.05, 0.1) is 31.6 Å². The van der Waals surface area contributed by atoms with Gasteiger partial charge in [-0.1, -0.05) is 18.2 Å². The maximum absolute atomic E-state index is 12.9. The van der Waals surface area contributed by atoms with Gasteiger partial charge in [-0.3, -0.25) is 4.79 Å². The highest BCUT2D eigenvalue weighted by molar-refractivity contribution is 7.90. The van der Waals surface area contributed by atoms with Crippen LogP contribution in [0.2, 0.25) is 0 Å². The summed E-state index contributed by atoms with van der Waals surface area (Å²) in [6.07, 6.45) is -0.604. The number of benzene rings is 3. The lowest BCUT2D eigenvalue weighted by atomic mass is 9.67. The van der Waals surface area contributed by atoms with Gasteiger partial charge in [-0.2, -0.15) is 0 Å². The zero-order chi connectivity index (χ0) is 28.0. The van der Waals surface area contributed by atoms with Crippen LogP contribution in [0, 0.1) is 11.8 Å². The number of sulfonamides is 1. The molecule has 0 bridgehead atoms. The Morgan fingerprint density at radius 2 is 1.62 bits per heavy atom. The van der Waals surface area contributed by atoms with Crippen LogP contribution in [0.4, 0.5) is 4.79 Å². The average molecular weight is 568 g/mol. The Morgan fingerprint density at radius 3 is 2.30 bits per heavy atom. The summed E-state index contributed by atoms with van der Waals surface area (Å²) in [6.45, 7) is 0.424. The van der Waals surface area contributed by atoms with Crippen molar-refractivity contribution in [2.45, 2.75) is 17.2 Å². The van der Waals surface area contributed by atoms with Gasteiger partial charge in [0.1, 0.15) is 0 Å². The second kappa shape index (κ2) is 9.94. The lowest BCUT2D eigenvalue weighted by Gasteiger charge is -2.34. The number of cyclic esters (lactones) is 1. The number of amides is 1. The molecular weight excluding hydrogens is 542 g/mol. The molecule has 40 heavy (non-hydrogen) atoms. The fourth-order valence-corrected chi connectivity index (χ4v) is 6.46. The van der Waals surface area contributed by atoms with E-state index in [1.807, 2.05) is 16.9 Å². The van der Waals surface area contributed by atoms with Gasteiger partial charge >= 0.3 is 12.1 Å². The van der Waals surface area contributed by atoms with Crippen molar-refractivity contribution < 1.29 is 46.4 Å². The normalized spacial score (nSPS) is 20.6. The van der Waals surface area contributed by atoms with Gasteiger partial charge in [-0.05, 0) is 59.5 Å². The Bertz CT molecular complexity index is 1580. The number of rotatable bonds is 6. The Hall–Kier alpha value is -4.45. The number of nitrogens with one attached hydrogen (secondary N) is 1. The molecule has 208 valence electrons. The number of ether oxygens (including phenoxy) is 6. The summed E-state index contributed by atoms with van der Waals surface area (Å²) in [5.74, 6) is 0.0713. The first kappa shape index (κ1) is 25.8. The number of carbonyl (C=O) groups excluding carboxylic acids is 2. The third-order valence-electron chi connectivity index (χ3n) is 7.34. The van der Waals surface area contributed by atoms with Crippen LogP contribution in [0.5, 0.6) is 28.7 Å². The van der Waals surface area contributed by atoms with E-state index in [2.05, 4.69) is 0 Å². The molecule has 6 rings (SSSR count). The molecule has 3 aromatic carbocycles. The van der Waals surface area contributed by atoms with Crippen LogP contribution in [-0.4, -0.2) is 48.1 Å². The molecule has 0 radical (unpaired) electrons. The van der Waals surface area contributed by atoms with Gasteiger partial charge < -0.3 is 28.4 Å². The van der Waals surface area contributed by atoms with Crippen LogP contribution in [0.25, 0.3) is 0 Å². The second-order valence-corrected chi connectivity index (χ2v) is 11.2. The largest absolute Gasteiger partial charge is 0.493 e. The van der Waals surface area contributed by atoms with Crippen molar-refractivity contribution in [3.8, 4) is 28.7 Å². The van der Waals surface area contributed by atoms with Gasteiger partial charge in [0.15, 0.2) is 23.0 Å². The van der Waals surface area contributed by atoms with E-state index in [0.717, 1.165) is 11.1 Å². The number of methoxy groups -OCH3 is 2. The Morgan fingerprint density at radius 1 is 0.950 bits per heavy atom. The van der Waals surface area contributed by atoms with Crippen LogP contribution >= 0.6 is 0 Å². The summed E-state index contributed by atoms with van der Waals surface area (Å²) in [4.78, 5) is 25.5. The fourth-order valence-electron chi connectivity index (χ4n) is 5.57. The highest BCUT2D eigenvalue weighted by Crippen LogP contribution is 2.52. The molecular formula is C28H25NO10S. The molecule has 0 unspecified atom stereocenters. The molecule has 1 saturated heterocycles. The highest BCUT2D eigenvalue weighted by Gasteiger charge is 2.48. The van der Waals surface area contributed by atoms with E-state index in [1.54, 1.807) is 18.2 Å². The molecule has 3 aromatic rings. The minimum Gasteiger partial charge on any atom is -0.493 e. The Labute approximate surface area is 229 Å². The third-order valence-corrected chi connectivity index (χ3v) is 8.67. The second-order valence-electron chi connectivity index (χ2n) is 9.56. The van der Waals surface area contributed by atoms with Crippen LogP contribution in [0.1, 0.15) is 22.6 Å². The molecule has 11 nitrogen and oxygen atoms in total. The van der Waals surface area contributed by atoms with Gasteiger partial charge in [0.25, 0.3) is 10.0 Å². The predicted octanol–water partition coefficient (Wildman–Crippen LogP) is 3.39. The number of fused-ring (bicyclic) bond motifs is 3. The van der Waals surface area contributed by atoms with Crippen LogP contribution in [-0.2, 0) is 26.0 Å². The Kier molecular flexibility index (Phi) is 6.41. The van der Waals surface area contributed by atoms with E-state index in [-0.39, 0.29) is 40.8 Å². The zero-order valence-corrected chi connectivity index (χ0v) is 22.4. The summed E-state index contributed by atoms with van der Waals surface area (Å²) in [6, 6.07) is 14.5. The summed E-state index contributed by atoms with van der Waals surface area (Å²) in [7, 11) is -1.42. The van der Waals surface area contributed by atoms with E-state index in [4.69, 9.17) is 28.4 Å². The van der Waals surface area contributed by atoms with Crippen LogP contribution in [0.15, 0.2) is 59.5 Å². The first-order valence-electron chi connectivity index (χ1n) is 12.4. The standard InChI is InChI=1S/C28H25NO10S/c1-34-22-10-16(11-23(35-2)26(22)39-28(31)29-40(32,33)18-6-4-3-5-7-18)24-19-12-21-20(37-14-38-21)9-15(19)8-17-13-36-27(30)25(17)24/h3-7,9-12,17,24-25H,8,13-14H2,1-2H3,(H,29,31)/t17-,24+,25-/m0/s1. The summed E-state index contributed by atoms with van der Waals surface area (Å²) in [5, 5.41) is 0. The predicted molar refractivity (Wildman–Crippen MR) is 138 cm³/mol. The number of hydrogen-bond acceptors (Lipinski definition) is 10. The summed E-state index contributed by atoms with van der Waals surface area (Å²) >= 11 is 0. The molecule has 1 fully saturated rings. The molecule has 1 N–H and O–H groups in total. The van der Waals surface area contributed by atoms with Crippen LogP contribution < -0.4 is 28.4 Å². The van der Waals surface area contributed by atoms with Crippen molar-refractivity contribution in [1.82, 2.24) is 4.72 Å². The monoisotopic (exact) mass is 567 g/mol. The molecule has 0 saturated carbocycles. The lowest BCUT2D eigenvalue weighted by Crippen LogP contribution is -2.33. The molecule has 3 aliphatic rings. The van der Waals surface area contributed by atoms with Crippen molar-refractivity contribution in [1.29, 1.82) is 0 Å². The van der Waals surface area contributed by atoms with Crippen LogP contribution in [0.3, 0.4) is 0 Å². The van der Waals surface area contributed by atoms with Gasteiger partial charge in [-0.25, -0.2) is 17.9 Å². The van der Waals surface area contributed by atoms with E-state index < -0.39 is 28.0 Å². The molecule has 2 heterocycles. The molecule has 0 spiro atoms. The first-order chi connectivity index (χ1) is 19.3. The number of hydrogen-bond donors (Lipinski definition) is 1. The topological polar surface area (TPSA) is 136 Å². The number of carbonyl (C=O) groups is 2. The van der Waals surface area contributed by atoms with Crippen molar-refractivity contribution in [2.24, 2.45) is 11.8 Å². The molecule has 1 aliphatic carbocycles. The van der Waals surface area contributed by atoms with Crippen molar-refractivity contribution in [3.05, 3.63) is 71.3 Å². The SMILES string of the molecule is COc1cc([C@@H]2c3cc4c(cc3C[C@H]3COC(=O)[C@@H]32)OCO4)cc(OC)c1OC(=O)NS(=O)(=O)c1ccccc1. The summed E-state index contributed by atoms with van der Waals surface area (Å²) in [5.41, 5.74) is 2.55. The zero-order valence-electron chi connectivity index (χ0n) is 21.5. The maximum Gasteiger partial charge on any atom is 0.426 e. The average Bonchev–Trinajstić information content (AvgIpc) is 3.56. The number of esters is 1. The fraction of sp³-hybridized carbons (Fsp3) is 0.286. The van der Waals surface area contributed by atoms with E-state index in [9.17, 15) is 18.0 Å². The van der Waals surface area contributed by atoms with E-state index in [1.165, 1.54) is 38.5 Å². The van der Waals surface area contributed by atoms with Crippen molar-refractivity contribution in [2.75, 3.05) is 27.6 Å². The molecule has 1 amide bonds. The third kappa shape index (κ3) is 4.43. The van der Waals surface area contributed by atoms with Gasteiger partial charge in [0.2, 0.25) is 12.5 Å². The minimum atomic E-state index is -4.18. The molecule has 0 aromatic heterocycles. The smallest absolute Gasteiger partial charge is 0.426 e. The Balaban J connectivity index is 1.38. The van der Waals surface area contributed by atoms with E-state index in [0.29, 0.717) is 30.1 Å². The molecule has 12 heteroatoms. The first-order valence-corrected chi connectivity index (χ1v) is 13.9. The lowest BCUT2D eigenvalue weighted by molar-refractivity contribution is -0.141. The maximum atomic E-state index is 12.9.